The van der Waals surface area contributed by atoms with Crippen molar-refractivity contribution in [2.24, 2.45) is 0 Å². The Balaban J connectivity index is 1.06. The van der Waals surface area contributed by atoms with E-state index in [9.17, 15) is 0 Å². The number of hydrogen-bond acceptors (Lipinski definition) is 1. The van der Waals surface area contributed by atoms with Gasteiger partial charge in [-0.15, -0.1) is 0 Å². The zero-order chi connectivity index (χ0) is 46.3. The lowest BCUT2D eigenvalue weighted by molar-refractivity contribution is 0.590. The number of rotatable bonds is 7. The topological polar surface area (TPSA) is 8.17 Å². The van der Waals surface area contributed by atoms with Crippen LogP contribution in [0, 0.1) is 0 Å². The lowest BCUT2D eigenvalue weighted by Gasteiger charge is -2.28. The minimum atomic E-state index is 0.0300. The largest absolute Gasteiger partial charge is 0.310 e. The second kappa shape index (κ2) is 15.9. The zero-order valence-electron chi connectivity index (χ0n) is 39.7. The molecule has 68 heavy (non-hydrogen) atoms. The van der Waals surface area contributed by atoms with Gasteiger partial charge in [0.05, 0.1) is 22.4 Å². The van der Waals surface area contributed by atoms with Crippen molar-refractivity contribution in [3.63, 3.8) is 0 Å². The molecule has 0 aliphatic rings. The average molecular weight is 875 g/mol. The van der Waals surface area contributed by atoms with Crippen LogP contribution in [0.25, 0.3) is 93.2 Å². The summed E-state index contributed by atoms with van der Waals surface area (Å²) in [5, 5.41) is 10.1. The molecule has 0 aliphatic heterocycles. The second-order valence-corrected chi connectivity index (χ2v) is 20.6. The quantitative estimate of drug-likeness (QED) is 0.145. The Morgan fingerprint density at radius 2 is 0.794 bits per heavy atom. The number of anilines is 3. The fourth-order valence-corrected chi connectivity index (χ4v) is 10.6. The SMILES string of the molecule is CC(C)(C)c1ccc2c(c1)c1cc(C(C)(C)C)ccc1n2-c1ccc2ccc3c(N(c4ccc(-c5cccc(-c6ccccc6)c5)cc4)c4cccc(-c5ccccc5)c4)ccc4ccc1c2c43. The van der Waals surface area contributed by atoms with E-state index in [1.54, 1.807) is 0 Å². The summed E-state index contributed by atoms with van der Waals surface area (Å²) in [6, 6.07) is 81.3. The van der Waals surface area contributed by atoms with Gasteiger partial charge in [-0.1, -0.05) is 193 Å². The van der Waals surface area contributed by atoms with E-state index in [-0.39, 0.29) is 10.8 Å². The van der Waals surface area contributed by atoms with Gasteiger partial charge in [0.25, 0.3) is 0 Å². The predicted molar refractivity (Wildman–Crippen MR) is 293 cm³/mol. The van der Waals surface area contributed by atoms with Crippen LogP contribution in [0.2, 0.25) is 0 Å². The van der Waals surface area contributed by atoms with Crippen LogP contribution in [0.5, 0.6) is 0 Å². The third-order valence-electron chi connectivity index (χ3n) is 14.2. The maximum atomic E-state index is 2.52. The maximum Gasteiger partial charge on any atom is 0.0541 e. The first-order chi connectivity index (χ1) is 33.0. The first-order valence-electron chi connectivity index (χ1n) is 24.0. The Hall–Kier alpha value is -7.94. The van der Waals surface area contributed by atoms with Crippen LogP contribution in [-0.4, -0.2) is 4.57 Å². The molecule has 0 atom stereocenters. The Kier molecular flexibility index (Phi) is 9.67. The molecule has 11 aromatic carbocycles. The molecule has 0 aliphatic carbocycles. The maximum absolute atomic E-state index is 2.52. The molecule has 0 radical (unpaired) electrons. The fraction of sp³-hybridized carbons (Fsp3) is 0.121. The van der Waals surface area contributed by atoms with E-state index < -0.39 is 0 Å². The number of hydrogen-bond donors (Lipinski definition) is 0. The van der Waals surface area contributed by atoms with E-state index in [1.807, 2.05) is 0 Å². The molecule has 1 heterocycles. The summed E-state index contributed by atoms with van der Waals surface area (Å²) in [5.74, 6) is 0. The highest BCUT2D eigenvalue weighted by Gasteiger charge is 2.24. The molecule has 12 aromatic rings. The van der Waals surface area contributed by atoms with Gasteiger partial charge in [0, 0.05) is 32.9 Å². The lowest BCUT2D eigenvalue weighted by Crippen LogP contribution is -2.11. The minimum Gasteiger partial charge on any atom is -0.310 e. The smallest absolute Gasteiger partial charge is 0.0541 e. The minimum absolute atomic E-state index is 0.0300. The van der Waals surface area contributed by atoms with Gasteiger partial charge in [-0.2, -0.15) is 0 Å². The van der Waals surface area contributed by atoms with Crippen LogP contribution < -0.4 is 4.90 Å². The Labute approximate surface area is 399 Å². The van der Waals surface area contributed by atoms with E-state index in [2.05, 4.69) is 269 Å². The molecule has 0 bridgehead atoms. The van der Waals surface area contributed by atoms with Gasteiger partial charge >= 0.3 is 0 Å². The molecular weight excluding hydrogens is 821 g/mol. The molecule has 2 nitrogen and oxygen atoms in total. The molecule has 2 heteroatoms. The van der Waals surface area contributed by atoms with Crippen LogP contribution in [0.1, 0.15) is 52.7 Å². The summed E-state index contributed by atoms with van der Waals surface area (Å²) in [6.45, 7) is 13.9. The summed E-state index contributed by atoms with van der Waals surface area (Å²) in [5.41, 5.74) is 16.9. The van der Waals surface area contributed by atoms with Gasteiger partial charge in [0.2, 0.25) is 0 Å². The Bertz CT molecular complexity index is 3770. The second-order valence-electron chi connectivity index (χ2n) is 20.6. The molecule has 0 spiro atoms. The summed E-state index contributed by atoms with van der Waals surface area (Å²) in [4.78, 5) is 2.45. The average Bonchev–Trinajstić information content (AvgIpc) is 3.69. The van der Waals surface area contributed by atoms with Crippen LogP contribution in [0.15, 0.2) is 218 Å². The van der Waals surface area contributed by atoms with Crippen molar-refractivity contribution < 1.29 is 0 Å². The Morgan fingerprint density at radius 1 is 0.324 bits per heavy atom. The number of benzene rings is 11. The number of fused-ring (bicyclic) bond motifs is 3. The van der Waals surface area contributed by atoms with Gasteiger partial charge < -0.3 is 9.47 Å². The lowest BCUT2D eigenvalue weighted by atomic mass is 9.85. The van der Waals surface area contributed by atoms with Crippen LogP contribution in [-0.2, 0) is 10.8 Å². The van der Waals surface area contributed by atoms with E-state index >= 15 is 0 Å². The van der Waals surface area contributed by atoms with Gasteiger partial charge in [0.15, 0.2) is 0 Å². The van der Waals surface area contributed by atoms with Crippen molar-refractivity contribution in [2.45, 2.75) is 52.4 Å². The van der Waals surface area contributed by atoms with Crippen molar-refractivity contribution in [3.05, 3.63) is 230 Å². The predicted octanol–water partition coefficient (Wildman–Crippen LogP) is 18.7. The van der Waals surface area contributed by atoms with Crippen molar-refractivity contribution in [2.75, 3.05) is 4.90 Å². The number of nitrogens with zero attached hydrogens (tertiary/aromatic N) is 2. The first-order valence-corrected chi connectivity index (χ1v) is 24.0. The van der Waals surface area contributed by atoms with Gasteiger partial charge in [-0.25, -0.2) is 0 Å². The van der Waals surface area contributed by atoms with Crippen LogP contribution in [0.3, 0.4) is 0 Å². The molecule has 1 aromatic heterocycles. The van der Waals surface area contributed by atoms with Crippen LogP contribution >= 0.6 is 0 Å². The van der Waals surface area contributed by atoms with E-state index in [0.717, 1.165) is 17.1 Å². The van der Waals surface area contributed by atoms with Crippen molar-refractivity contribution in [1.29, 1.82) is 0 Å². The van der Waals surface area contributed by atoms with Gasteiger partial charge in [-0.3, -0.25) is 0 Å². The molecular formula is C66H54N2. The highest BCUT2D eigenvalue weighted by atomic mass is 15.1. The molecule has 0 amide bonds. The van der Waals surface area contributed by atoms with Crippen molar-refractivity contribution in [3.8, 4) is 39.1 Å². The normalized spacial score (nSPS) is 12.3. The summed E-state index contributed by atoms with van der Waals surface area (Å²) in [6.07, 6.45) is 0. The van der Waals surface area contributed by atoms with Crippen molar-refractivity contribution in [1.82, 2.24) is 4.57 Å². The summed E-state index contributed by atoms with van der Waals surface area (Å²) >= 11 is 0. The van der Waals surface area contributed by atoms with E-state index in [1.165, 1.54) is 104 Å². The standard InChI is InChI=1S/C66H54N2/c1-65(2,3)51-29-37-61-57(41-51)58-42-52(66(4,5)6)30-38-62(58)68(61)60-36-28-47-25-33-55-59(35-27-46-26-34-56(60)64(47)63(46)55)67(54-22-14-21-50(40-54)44-17-11-8-12-18-44)53-31-23-45(24-32-53)49-20-13-19-48(39-49)43-15-9-7-10-16-43/h7-42H,1-6H3. The highest BCUT2D eigenvalue weighted by molar-refractivity contribution is 6.27. The summed E-state index contributed by atoms with van der Waals surface area (Å²) < 4.78 is 2.52. The van der Waals surface area contributed by atoms with Gasteiger partial charge in [0.1, 0.15) is 0 Å². The first kappa shape index (κ1) is 41.5. The summed E-state index contributed by atoms with van der Waals surface area (Å²) in [7, 11) is 0. The molecule has 0 fully saturated rings. The third-order valence-corrected chi connectivity index (χ3v) is 14.2. The molecule has 0 saturated heterocycles. The van der Waals surface area contributed by atoms with Crippen molar-refractivity contribution >= 4 is 71.2 Å². The molecule has 328 valence electrons. The van der Waals surface area contributed by atoms with E-state index in [4.69, 9.17) is 0 Å². The fourth-order valence-electron chi connectivity index (χ4n) is 10.6. The molecule has 0 unspecified atom stereocenters. The number of aromatic nitrogens is 1. The third kappa shape index (κ3) is 7.02. The zero-order valence-corrected chi connectivity index (χ0v) is 39.7. The highest BCUT2D eigenvalue weighted by Crippen LogP contribution is 2.47. The molecule has 12 rings (SSSR count). The van der Waals surface area contributed by atoms with Crippen LogP contribution in [0.4, 0.5) is 17.1 Å². The Morgan fingerprint density at radius 3 is 1.37 bits per heavy atom. The monoisotopic (exact) mass is 874 g/mol. The van der Waals surface area contributed by atoms with E-state index in [0.29, 0.717) is 0 Å². The van der Waals surface area contributed by atoms with Gasteiger partial charge in [-0.05, 0) is 144 Å². The molecule has 0 N–H and O–H groups in total. The molecule has 0 saturated carbocycles.